The quantitative estimate of drug-likeness (QED) is 0.935. The van der Waals surface area contributed by atoms with E-state index in [-0.39, 0.29) is 11.4 Å². The lowest BCUT2D eigenvalue weighted by Crippen LogP contribution is -2.23. The lowest BCUT2D eigenvalue weighted by atomic mass is 10.2. The Kier molecular flexibility index (Phi) is 3.96. The summed E-state index contributed by atoms with van der Waals surface area (Å²) in [4.78, 5) is 0.289. The van der Waals surface area contributed by atoms with Gasteiger partial charge in [-0.3, -0.25) is 4.68 Å². The van der Waals surface area contributed by atoms with E-state index in [1.54, 1.807) is 22.9 Å². The van der Waals surface area contributed by atoms with Gasteiger partial charge in [0, 0.05) is 24.8 Å². The topological polar surface area (TPSA) is 64.0 Å². The highest BCUT2D eigenvalue weighted by molar-refractivity contribution is 7.89. The standard InChI is InChI=1S/C14H19N3O2S/c1-10-6-5-7-13(8-10)20(18,19)15-9-14-11(2)16-17(4)12(14)3/h5-8,15H,9H2,1-4H3. The van der Waals surface area contributed by atoms with Gasteiger partial charge in [-0.25, -0.2) is 13.1 Å². The predicted molar refractivity (Wildman–Crippen MR) is 77.9 cm³/mol. The smallest absolute Gasteiger partial charge is 0.240 e. The number of hydrogen-bond acceptors (Lipinski definition) is 3. The highest BCUT2D eigenvalue weighted by Gasteiger charge is 2.16. The van der Waals surface area contributed by atoms with E-state index in [0.29, 0.717) is 0 Å². The fraction of sp³-hybridized carbons (Fsp3) is 0.357. The third-order valence-corrected chi connectivity index (χ3v) is 4.80. The van der Waals surface area contributed by atoms with E-state index >= 15 is 0 Å². The van der Waals surface area contributed by atoms with Gasteiger partial charge in [0.25, 0.3) is 0 Å². The molecule has 0 spiro atoms. The number of hydrogen-bond donors (Lipinski definition) is 1. The fourth-order valence-electron chi connectivity index (χ4n) is 2.11. The summed E-state index contributed by atoms with van der Waals surface area (Å²) in [5, 5.41) is 4.28. The van der Waals surface area contributed by atoms with Crippen LogP contribution >= 0.6 is 0 Å². The highest BCUT2D eigenvalue weighted by atomic mass is 32.2. The maximum absolute atomic E-state index is 12.2. The molecule has 20 heavy (non-hydrogen) atoms. The maximum Gasteiger partial charge on any atom is 0.240 e. The SMILES string of the molecule is Cc1cccc(S(=O)(=O)NCc2c(C)nn(C)c2C)c1. The van der Waals surface area contributed by atoms with Gasteiger partial charge in [0.1, 0.15) is 0 Å². The van der Waals surface area contributed by atoms with E-state index in [9.17, 15) is 8.42 Å². The van der Waals surface area contributed by atoms with Crippen LogP contribution in [0.15, 0.2) is 29.2 Å². The van der Waals surface area contributed by atoms with Crippen molar-refractivity contribution in [1.29, 1.82) is 0 Å². The van der Waals surface area contributed by atoms with Crippen molar-refractivity contribution in [2.24, 2.45) is 7.05 Å². The van der Waals surface area contributed by atoms with Crippen molar-refractivity contribution >= 4 is 10.0 Å². The molecule has 1 heterocycles. The van der Waals surface area contributed by atoms with Crippen LogP contribution in [0.25, 0.3) is 0 Å². The van der Waals surface area contributed by atoms with Gasteiger partial charge in [-0.05, 0) is 38.5 Å². The molecular formula is C14H19N3O2S. The molecular weight excluding hydrogens is 274 g/mol. The Balaban J connectivity index is 2.22. The van der Waals surface area contributed by atoms with Crippen LogP contribution in [-0.4, -0.2) is 18.2 Å². The van der Waals surface area contributed by atoms with E-state index in [4.69, 9.17) is 0 Å². The second kappa shape index (κ2) is 5.38. The van der Waals surface area contributed by atoms with E-state index in [1.807, 2.05) is 33.9 Å². The first-order valence-corrected chi connectivity index (χ1v) is 7.85. The molecule has 0 radical (unpaired) electrons. The van der Waals surface area contributed by atoms with Gasteiger partial charge in [0.2, 0.25) is 10.0 Å². The zero-order chi connectivity index (χ0) is 14.9. The molecule has 0 amide bonds. The van der Waals surface area contributed by atoms with Crippen LogP contribution in [0.1, 0.15) is 22.5 Å². The third kappa shape index (κ3) is 2.91. The molecule has 0 aliphatic carbocycles. The van der Waals surface area contributed by atoms with Gasteiger partial charge in [-0.15, -0.1) is 0 Å². The lowest BCUT2D eigenvalue weighted by Gasteiger charge is -2.08. The summed E-state index contributed by atoms with van der Waals surface area (Å²) < 4.78 is 28.9. The second-order valence-corrected chi connectivity index (χ2v) is 6.68. The first kappa shape index (κ1) is 14.7. The molecule has 0 bridgehead atoms. The predicted octanol–water partition coefficient (Wildman–Crippen LogP) is 1.82. The summed E-state index contributed by atoms with van der Waals surface area (Å²) in [5.41, 5.74) is 3.65. The van der Waals surface area contributed by atoms with Crippen LogP contribution in [0.4, 0.5) is 0 Å². The Bertz CT molecular complexity index is 733. The van der Waals surface area contributed by atoms with Crippen LogP contribution in [0.2, 0.25) is 0 Å². The van der Waals surface area contributed by atoms with Crippen LogP contribution in [0, 0.1) is 20.8 Å². The van der Waals surface area contributed by atoms with Crippen molar-refractivity contribution in [1.82, 2.24) is 14.5 Å². The number of aromatic nitrogens is 2. The maximum atomic E-state index is 12.2. The molecule has 0 aliphatic rings. The molecule has 0 saturated carbocycles. The van der Waals surface area contributed by atoms with Gasteiger partial charge >= 0.3 is 0 Å². The van der Waals surface area contributed by atoms with Crippen molar-refractivity contribution in [2.45, 2.75) is 32.2 Å². The van der Waals surface area contributed by atoms with Gasteiger partial charge in [0.15, 0.2) is 0 Å². The number of aryl methyl sites for hydroxylation is 3. The van der Waals surface area contributed by atoms with E-state index in [0.717, 1.165) is 22.5 Å². The Labute approximate surface area is 119 Å². The third-order valence-electron chi connectivity index (χ3n) is 3.40. The van der Waals surface area contributed by atoms with Crippen molar-refractivity contribution < 1.29 is 8.42 Å². The second-order valence-electron chi connectivity index (χ2n) is 4.91. The molecule has 6 heteroatoms. The Morgan fingerprint density at radius 2 is 1.95 bits per heavy atom. The van der Waals surface area contributed by atoms with Gasteiger partial charge in [0.05, 0.1) is 10.6 Å². The summed E-state index contributed by atoms with van der Waals surface area (Å²) in [5.74, 6) is 0. The van der Waals surface area contributed by atoms with E-state index in [1.165, 1.54) is 0 Å². The molecule has 108 valence electrons. The minimum atomic E-state index is -3.49. The largest absolute Gasteiger partial charge is 0.272 e. The average molecular weight is 293 g/mol. The minimum absolute atomic E-state index is 0.252. The molecule has 1 aromatic carbocycles. The van der Waals surface area contributed by atoms with Gasteiger partial charge in [-0.1, -0.05) is 12.1 Å². The number of nitrogens with zero attached hydrogens (tertiary/aromatic N) is 2. The molecule has 0 unspecified atom stereocenters. The fourth-order valence-corrected chi connectivity index (χ4v) is 3.21. The molecule has 2 rings (SSSR count). The van der Waals surface area contributed by atoms with E-state index in [2.05, 4.69) is 9.82 Å². The molecule has 1 N–H and O–H groups in total. The Morgan fingerprint density at radius 3 is 2.50 bits per heavy atom. The number of nitrogens with one attached hydrogen (secondary N) is 1. The zero-order valence-corrected chi connectivity index (χ0v) is 13.0. The minimum Gasteiger partial charge on any atom is -0.272 e. The molecule has 0 saturated heterocycles. The highest BCUT2D eigenvalue weighted by Crippen LogP contribution is 2.14. The average Bonchev–Trinajstić information content (AvgIpc) is 2.61. The summed E-state index contributed by atoms with van der Waals surface area (Å²) in [6, 6.07) is 6.86. The van der Waals surface area contributed by atoms with Crippen molar-refractivity contribution in [2.75, 3.05) is 0 Å². The Hall–Kier alpha value is -1.66. The van der Waals surface area contributed by atoms with Crippen molar-refractivity contribution in [3.05, 3.63) is 46.8 Å². The van der Waals surface area contributed by atoms with Crippen molar-refractivity contribution in [3.8, 4) is 0 Å². The molecule has 0 aliphatic heterocycles. The Morgan fingerprint density at radius 1 is 1.25 bits per heavy atom. The van der Waals surface area contributed by atoms with Crippen LogP contribution in [0.5, 0.6) is 0 Å². The lowest BCUT2D eigenvalue weighted by molar-refractivity contribution is 0.581. The first-order valence-electron chi connectivity index (χ1n) is 6.36. The zero-order valence-electron chi connectivity index (χ0n) is 12.1. The summed E-state index contributed by atoms with van der Waals surface area (Å²) in [6.07, 6.45) is 0. The number of rotatable bonds is 4. The van der Waals surface area contributed by atoms with Crippen LogP contribution in [0.3, 0.4) is 0 Å². The summed E-state index contributed by atoms with van der Waals surface area (Å²) in [7, 11) is -1.64. The molecule has 0 atom stereocenters. The molecule has 5 nitrogen and oxygen atoms in total. The summed E-state index contributed by atoms with van der Waals surface area (Å²) in [6.45, 7) is 5.93. The van der Waals surface area contributed by atoms with Gasteiger partial charge < -0.3 is 0 Å². The van der Waals surface area contributed by atoms with Crippen LogP contribution in [-0.2, 0) is 23.6 Å². The molecule has 1 aromatic heterocycles. The number of sulfonamides is 1. The van der Waals surface area contributed by atoms with E-state index < -0.39 is 10.0 Å². The monoisotopic (exact) mass is 293 g/mol. The first-order chi connectivity index (χ1) is 9.31. The molecule has 2 aromatic rings. The summed E-state index contributed by atoms with van der Waals surface area (Å²) >= 11 is 0. The van der Waals surface area contributed by atoms with Crippen molar-refractivity contribution in [3.63, 3.8) is 0 Å². The normalized spacial score (nSPS) is 11.8. The number of benzene rings is 1. The molecule has 0 fully saturated rings. The van der Waals surface area contributed by atoms with Crippen LogP contribution < -0.4 is 4.72 Å². The van der Waals surface area contributed by atoms with Gasteiger partial charge in [-0.2, -0.15) is 5.10 Å².